The third-order valence-electron chi connectivity index (χ3n) is 4.20. The molecular weight excluding hydrogens is 475 g/mol. The lowest BCUT2D eigenvalue weighted by molar-refractivity contribution is -0.117. The molecule has 7 nitrogen and oxygen atoms in total. The van der Waals surface area contributed by atoms with Gasteiger partial charge < -0.3 is 15.5 Å². The molecule has 0 unspecified atom stereocenters. The minimum atomic E-state index is 0. The van der Waals surface area contributed by atoms with Gasteiger partial charge in [0.05, 0.1) is 13.1 Å². The molecule has 27 heavy (non-hydrogen) atoms. The Morgan fingerprint density at radius 3 is 2.78 bits per heavy atom. The van der Waals surface area contributed by atoms with Gasteiger partial charge in [0, 0.05) is 25.2 Å². The fourth-order valence-electron chi connectivity index (χ4n) is 2.80. The van der Waals surface area contributed by atoms with Gasteiger partial charge in [-0.05, 0) is 18.1 Å². The molecule has 0 fully saturated rings. The number of rotatable bonds is 5. The molecule has 146 valence electrons. The number of amides is 1. The summed E-state index contributed by atoms with van der Waals surface area (Å²) < 4.78 is 0. The Morgan fingerprint density at radius 2 is 2.07 bits per heavy atom. The number of hydrogen-bond acceptors (Lipinski definition) is 5. The van der Waals surface area contributed by atoms with Gasteiger partial charge in [0.1, 0.15) is 10.0 Å². The highest BCUT2D eigenvalue weighted by Gasteiger charge is 2.23. The van der Waals surface area contributed by atoms with Gasteiger partial charge >= 0.3 is 0 Å². The number of nitrogens with zero attached hydrogens (tertiary/aromatic N) is 4. The van der Waals surface area contributed by atoms with Gasteiger partial charge in [-0.2, -0.15) is 0 Å². The molecule has 1 amide bonds. The van der Waals surface area contributed by atoms with E-state index in [1.54, 1.807) is 18.4 Å². The molecule has 0 bridgehead atoms. The van der Waals surface area contributed by atoms with Crippen molar-refractivity contribution in [1.82, 2.24) is 20.8 Å². The van der Waals surface area contributed by atoms with Crippen molar-refractivity contribution in [2.75, 3.05) is 25.0 Å². The number of nitrogens with one attached hydrogen (secondary N) is 2. The zero-order chi connectivity index (χ0) is 18.5. The maximum Gasteiger partial charge on any atom is 0.246 e. The largest absolute Gasteiger partial charge is 0.350 e. The molecule has 1 aliphatic heterocycles. The highest BCUT2D eigenvalue weighted by atomic mass is 127. The van der Waals surface area contributed by atoms with Gasteiger partial charge in [0.15, 0.2) is 5.96 Å². The Morgan fingerprint density at radius 1 is 1.30 bits per heavy atom. The van der Waals surface area contributed by atoms with E-state index in [1.165, 1.54) is 5.56 Å². The molecule has 1 aliphatic rings. The number of aliphatic imine (C=N–C) groups is 1. The average molecular weight is 500 g/mol. The van der Waals surface area contributed by atoms with Gasteiger partial charge in [0.25, 0.3) is 0 Å². The molecule has 0 saturated heterocycles. The van der Waals surface area contributed by atoms with Crippen LogP contribution in [-0.4, -0.2) is 42.2 Å². The molecule has 2 heterocycles. The molecule has 1 aromatic heterocycles. The molecular formula is C18H25IN6OS. The summed E-state index contributed by atoms with van der Waals surface area (Å²) in [6, 6.07) is 8.04. The Hall–Kier alpha value is -1.75. The first-order valence-electron chi connectivity index (χ1n) is 8.73. The van der Waals surface area contributed by atoms with Crippen LogP contribution in [0.5, 0.6) is 0 Å². The summed E-state index contributed by atoms with van der Waals surface area (Å²) in [4.78, 5) is 18.5. The van der Waals surface area contributed by atoms with Crippen LogP contribution in [0.25, 0.3) is 0 Å². The summed E-state index contributed by atoms with van der Waals surface area (Å²) in [6.07, 6.45) is 0.907. The number of para-hydroxylation sites is 1. The second-order valence-electron chi connectivity index (χ2n) is 6.39. The molecule has 3 rings (SSSR count). The van der Waals surface area contributed by atoms with Crippen LogP contribution >= 0.6 is 35.3 Å². The van der Waals surface area contributed by atoms with Gasteiger partial charge in [0.2, 0.25) is 5.91 Å². The first kappa shape index (κ1) is 21.5. The Labute approximate surface area is 180 Å². The van der Waals surface area contributed by atoms with E-state index in [1.807, 2.05) is 23.1 Å². The maximum absolute atomic E-state index is 12.5. The Bertz CT molecular complexity index is 807. The van der Waals surface area contributed by atoms with Crippen LogP contribution in [-0.2, 0) is 17.8 Å². The van der Waals surface area contributed by atoms with Crippen molar-refractivity contribution in [3.8, 4) is 0 Å². The number of benzene rings is 1. The lowest BCUT2D eigenvalue weighted by atomic mass is 10.2. The quantitative estimate of drug-likeness (QED) is 0.375. The summed E-state index contributed by atoms with van der Waals surface area (Å²) in [5.41, 5.74) is 2.23. The molecule has 0 radical (unpaired) electrons. The van der Waals surface area contributed by atoms with Gasteiger partial charge in [-0.1, -0.05) is 43.4 Å². The summed E-state index contributed by atoms with van der Waals surface area (Å²) in [7, 11) is 1.69. The van der Waals surface area contributed by atoms with Gasteiger partial charge in [-0.25, -0.2) is 0 Å². The molecule has 1 aromatic carbocycles. The zero-order valence-corrected chi connectivity index (χ0v) is 18.9. The highest BCUT2D eigenvalue weighted by Crippen LogP contribution is 2.27. The summed E-state index contributed by atoms with van der Waals surface area (Å²) in [5, 5.41) is 16.5. The third-order valence-corrected chi connectivity index (χ3v) is 5.43. The number of carbonyl (C=O) groups excluding carboxylic acids is 1. The smallest absolute Gasteiger partial charge is 0.246 e. The van der Waals surface area contributed by atoms with Crippen LogP contribution in [0.4, 0.5) is 5.69 Å². The average Bonchev–Trinajstić information content (AvgIpc) is 3.28. The number of anilines is 1. The summed E-state index contributed by atoms with van der Waals surface area (Å²) in [6.45, 7) is 5.65. The van der Waals surface area contributed by atoms with Crippen molar-refractivity contribution in [3.63, 3.8) is 0 Å². The van der Waals surface area contributed by atoms with E-state index in [-0.39, 0.29) is 36.4 Å². The molecule has 0 saturated carbocycles. The maximum atomic E-state index is 12.5. The number of hydrogen-bond donors (Lipinski definition) is 2. The lowest BCUT2D eigenvalue weighted by Gasteiger charge is -2.18. The molecule has 2 aromatic rings. The predicted octanol–water partition coefficient (Wildman–Crippen LogP) is 2.53. The lowest BCUT2D eigenvalue weighted by Crippen LogP contribution is -2.44. The molecule has 9 heteroatoms. The Kier molecular flexibility index (Phi) is 7.96. The van der Waals surface area contributed by atoms with E-state index >= 15 is 0 Å². The second-order valence-corrected chi connectivity index (χ2v) is 7.49. The fraction of sp³-hybridized carbons (Fsp3) is 0.444. The van der Waals surface area contributed by atoms with Crippen molar-refractivity contribution in [3.05, 3.63) is 39.8 Å². The van der Waals surface area contributed by atoms with E-state index in [0.29, 0.717) is 18.4 Å². The van der Waals surface area contributed by atoms with Crippen molar-refractivity contribution < 1.29 is 4.79 Å². The third kappa shape index (κ3) is 5.38. The van der Waals surface area contributed by atoms with Gasteiger partial charge in [-0.15, -0.1) is 34.2 Å². The normalized spacial score (nSPS) is 13.3. The monoisotopic (exact) mass is 500 g/mol. The van der Waals surface area contributed by atoms with Crippen LogP contribution in [0.3, 0.4) is 0 Å². The molecule has 0 aliphatic carbocycles. The number of aromatic nitrogens is 2. The second kappa shape index (κ2) is 9.98. The van der Waals surface area contributed by atoms with Crippen LogP contribution in [0, 0.1) is 0 Å². The number of guanidine groups is 1. The standard InChI is InChI=1S/C18H24N6OS.HI/c1-12(2)17-23-22-15(26-17)10-20-18(19-3)21-11-16(25)24-9-8-13-6-4-5-7-14(13)24;/h4-7,12H,8-11H2,1-3H3,(H2,19,20,21);1H. The summed E-state index contributed by atoms with van der Waals surface area (Å²) >= 11 is 1.59. The minimum Gasteiger partial charge on any atom is -0.350 e. The number of carbonyl (C=O) groups is 1. The van der Waals surface area contributed by atoms with Crippen molar-refractivity contribution >= 4 is 52.9 Å². The van der Waals surface area contributed by atoms with E-state index in [0.717, 1.165) is 28.7 Å². The van der Waals surface area contributed by atoms with Crippen LogP contribution in [0.1, 0.15) is 35.3 Å². The fourth-order valence-corrected chi connectivity index (χ4v) is 3.59. The Balaban J connectivity index is 0.00000261. The number of halogens is 1. The predicted molar refractivity (Wildman–Crippen MR) is 120 cm³/mol. The van der Waals surface area contributed by atoms with E-state index in [4.69, 9.17) is 0 Å². The van der Waals surface area contributed by atoms with E-state index in [9.17, 15) is 4.79 Å². The first-order valence-corrected chi connectivity index (χ1v) is 9.55. The van der Waals surface area contributed by atoms with Crippen molar-refractivity contribution in [1.29, 1.82) is 0 Å². The molecule has 2 N–H and O–H groups in total. The SMILES string of the molecule is CN=C(NCC(=O)N1CCc2ccccc21)NCc1nnc(C(C)C)s1.I. The molecule has 0 spiro atoms. The van der Waals surface area contributed by atoms with Crippen LogP contribution in [0.15, 0.2) is 29.3 Å². The van der Waals surface area contributed by atoms with Crippen molar-refractivity contribution in [2.45, 2.75) is 32.7 Å². The van der Waals surface area contributed by atoms with E-state index in [2.05, 4.69) is 45.7 Å². The van der Waals surface area contributed by atoms with E-state index < -0.39 is 0 Å². The van der Waals surface area contributed by atoms with Gasteiger partial charge in [-0.3, -0.25) is 9.79 Å². The number of fused-ring (bicyclic) bond motifs is 1. The zero-order valence-electron chi connectivity index (χ0n) is 15.7. The van der Waals surface area contributed by atoms with Crippen LogP contribution < -0.4 is 15.5 Å². The topological polar surface area (TPSA) is 82.5 Å². The highest BCUT2D eigenvalue weighted by molar-refractivity contribution is 14.0. The summed E-state index contributed by atoms with van der Waals surface area (Å²) in [5.74, 6) is 0.989. The van der Waals surface area contributed by atoms with Crippen LogP contribution in [0.2, 0.25) is 0 Å². The molecule has 0 atom stereocenters. The minimum absolute atomic E-state index is 0. The first-order chi connectivity index (χ1) is 12.6. The van der Waals surface area contributed by atoms with Crippen molar-refractivity contribution in [2.24, 2.45) is 4.99 Å².